The van der Waals surface area contributed by atoms with Crippen molar-refractivity contribution in [1.82, 2.24) is 0 Å². The first-order valence-electron chi connectivity index (χ1n) is 7.51. The number of methoxy groups -OCH3 is 1. The average Bonchev–Trinajstić information content (AvgIpc) is 2.39. The van der Waals surface area contributed by atoms with Crippen molar-refractivity contribution in [3.63, 3.8) is 0 Å². The summed E-state index contributed by atoms with van der Waals surface area (Å²) in [6.07, 6.45) is 10.4. The van der Waals surface area contributed by atoms with E-state index in [1.165, 1.54) is 38.5 Å². The van der Waals surface area contributed by atoms with Crippen molar-refractivity contribution >= 4 is 5.97 Å². The van der Waals surface area contributed by atoms with Gasteiger partial charge in [0.2, 0.25) is 0 Å². The maximum absolute atomic E-state index is 13.1. The van der Waals surface area contributed by atoms with Crippen molar-refractivity contribution in [1.29, 1.82) is 0 Å². The molecule has 0 N–H and O–H groups in total. The standard InChI is InChI=1S/C15H28F2O2/c1-3-4-5-6-7-8-9-10-11-12-13-15(16,17)14(18)19-2/h3-13H2,1-2H3. The molecule has 4 heteroatoms. The number of halogens is 2. The maximum Gasteiger partial charge on any atom is 0.376 e. The Morgan fingerprint density at radius 1 is 0.895 bits per heavy atom. The van der Waals surface area contributed by atoms with Crippen LogP contribution in [0.15, 0.2) is 0 Å². The van der Waals surface area contributed by atoms with Crippen LogP contribution < -0.4 is 0 Å². The minimum absolute atomic E-state index is 0.387. The number of unbranched alkanes of at least 4 members (excludes halogenated alkanes) is 9. The van der Waals surface area contributed by atoms with E-state index in [1.807, 2.05) is 0 Å². The lowest BCUT2D eigenvalue weighted by Gasteiger charge is -2.12. The predicted molar refractivity (Wildman–Crippen MR) is 73.4 cm³/mol. The molecular weight excluding hydrogens is 250 g/mol. The zero-order valence-corrected chi connectivity index (χ0v) is 12.4. The van der Waals surface area contributed by atoms with Gasteiger partial charge < -0.3 is 4.74 Å². The second-order valence-corrected chi connectivity index (χ2v) is 5.13. The van der Waals surface area contributed by atoms with Crippen LogP contribution in [0, 0.1) is 0 Å². The van der Waals surface area contributed by atoms with Gasteiger partial charge >= 0.3 is 11.9 Å². The van der Waals surface area contributed by atoms with Gasteiger partial charge in [0.15, 0.2) is 0 Å². The molecule has 19 heavy (non-hydrogen) atoms. The van der Waals surface area contributed by atoms with Gasteiger partial charge in [-0.05, 0) is 6.42 Å². The third-order valence-corrected chi connectivity index (χ3v) is 3.33. The molecule has 0 aliphatic rings. The molecule has 0 saturated heterocycles. The lowest BCUT2D eigenvalue weighted by Crippen LogP contribution is -2.29. The van der Waals surface area contributed by atoms with Gasteiger partial charge in [-0.2, -0.15) is 8.78 Å². The summed E-state index contributed by atoms with van der Waals surface area (Å²) in [4.78, 5) is 10.8. The number of carbonyl (C=O) groups excluding carboxylic acids is 1. The van der Waals surface area contributed by atoms with Gasteiger partial charge in [-0.15, -0.1) is 0 Å². The fraction of sp³-hybridized carbons (Fsp3) is 0.933. The largest absolute Gasteiger partial charge is 0.465 e. The molecule has 0 aromatic heterocycles. The Balaban J connectivity index is 3.33. The van der Waals surface area contributed by atoms with Crippen LogP contribution in [0.2, 0.25) is 0 Å². The Hall–Kier alpha value is -0.670. The van der Waals surface area contributed by atoms with Crippen LogP contribution in [0.1, 0.15) is 77.6 Å². The minimum Gasteiger partial charge on any atom is -0.465 e. The molecule has 0 aliphatic heterocycles. The van der Waals surface area contributed by atoms with Gasteiger partial charge in [0.25, 0.3) is 0 Å². The molecule has 0 fully saturated rings. The highest BCUT2D eigenvalue weighted by Crippen LogP contribution is 2.23. The number of hydrogen-bond acceptors (Lipinski definition) is 2. The van der Waals surface area contributed by atoms with Crippen LogP contribution in [0.3, 0.4) is 0 Å². The van der Waals surface area contributed by atoms with Crippen molar-refractivity contribution in [3.05, 3.63) is 0 Å². The predicted octanol–water partition coefficient (Wildman–Crippen LogP) is 5.11. The van der Waals surface area contributed by atoms with E-state index >= 15 is 0 Å². The summed E-state index contributed by atoms with van der Waals surface area (Å²) >= 11 is 0. The van der Waals surface area contributed by atoms with E-state index in [4.69, 9.17) is 0 Å². The first-order valence-corrected chi connectivity index (χ1v) is 7.51. The third kappa shape index (κ3) is 9.85. The number of ether oxygens (including phenoxy) is 1. The molecule has 0 saturated carbocycles. The van der Waals surface area contributed by atoms with Crippen molar-refractivity contribution in [2.75, 3.05) is 7.11 Å². The van der Waals surface area contributed by atoms with E-state index in [1.54, 1.807) is 0 Å². The molecule has 0 atom stereocenters. The number of esters is 1. The summed E-state index contributed by atoms with van der Waals surface area (Å²) in [6.45, 7) is 2.20. The van der Waals surface area contributed by atoms with Gasteiger partial charge in [0.05, 0.1) is 7.11 Å². The lowest BCUT2D eigenvalue weighted by molar-refractivity contribution is -0.169. The zero-order chi connectivity index (χ0) is 14.6. The molecule has 0 aromatic carbocycles. The summed E-state index contributed by atoms with van der Waals surface area (Å²) in [5.74, 6) is -4.72. The zero-order valence-electron chi connectivity index (χ0n) is 12.4. The molecule has 0 radical (unpaired) electrons. The van der Waals surface area contributed by atoms with E-state index in [0.29, 0.717) is 6.42 Å². The second-order valence-electron chi connectivity index (χ2n) is 5.13. The van der Waals surface area contributed by atoms with E-state index < -0.39 is 18.3 Å². The number of alkyl halides is 2. The summed E-state index contributed by atoms with van der Waals surface area (Å²) in [5, 5.41) is 0. The molecule has 0 amide bonds. The lowest BCUT2D eigenvalue weighted by atomic mass is 10.0. The van der Waals surface area contributed by atoms with Crippen LogP contribution in [0.5, 0.6) is 0 Å². The SMILES string of the molecule is CCCCCCCCCCCCC(F)(F)C(=O)OC. The van der Waals surface area contributed by atoms with Crippen LogP contribution in [-0.2, 0) is 9.53 Å². The first kappa shape index (κ1) is 18.3. The van der Waals surface area contributed by atoms with Gasteiger partial charge in [0.1, 0.15) is 0 Å². The van der Waals surface area contributed by atoms with Gasteiger partial charge in [-0.3, -0.25) is 0 Å². The minimum atomic E-state index is -3.31. The van der Waals surface area contributed by atoms with E-state index in [9.17, 15) is 13.6 Å². The molecule has 0 rings (SSSR count). The van der Waals surface area contributed by atoms with Gasteiger partial charge in [0, 0.05) is 6.42 Å². The van der Waals surface area contributed by atoms with Crippen molar-refractivity contribution in [2.45, 2.75) is 83.5 Å². The van der Waals surface area contributed by atoms with Crippen LogP contribution in [0.4, 0.5) is 8.78 Å². The van der Waals surface area contributed by atoms with E-state index in [2.05, 4.69) is 11.7 Å². The fourth-order valence-electron chi connectivity index (χ4n) is 2.09. The van der Waals surface area contributed by atoms with Crippen LogP contribution >= 0.6 is 0 Å². The third-order valence-electron chi connectivity index (χ3n) is 3.33. The second kappa shape index (κ2) is 11.2. The van der Waals surface area contributed by atoms with Crippen molar-refractivity contribution in [2.24, 2.45) is 0 Å². The summed E-state index contributed by atoms with van der Waals surface area (Å²) in [6, 6.07) is 0. The fourth-order valence-corrected chi connectivity index (χ4v) is 2.09. The normalized spacial score (nSPS) is 11.6. The quantitative estimate of drug-likeness (QED) is 0.366. The monoisotopic (exact) mass is 278 g/mol. The van der Waals surface area contributed by atoms with Gasteiger partial charge in [-0.25, -0.2) is 4.79 Å². The van der Waals surface area contributed by atoms with Crippen LogP contribution in [0.25, 0.3) is 0 Å². The topological polar surface area (TPSA) is 26.3 Å². The van der Waals surface area contributed by atoms with E-state index in [0.717, 1.165) is 26.4 Å². The summed E-state index contributed by atoms with van der Waals surface area (Å²) in [5.41, 5.74) is 0. The van der Waals surface area contributed by atoms with Gasteiger partial charge in [-0.1, -0.05) is 64.7 Å². The first-order chi connectivity index (χ1) is 9.04. The Morgan fingerprint density at radius 2 is 1.32 bits per heavy atom. The number of hydrogen-bond donors (Lipinski definition) is 0. The molecule has 0 bridgehead atoms. The molecule has 0 aliphatic carbocycles. The molecule has 0 unspecified atom stereocenters. The summed E-state index contributed by atoms with van der Waals surface area (Å²) in [7, 11) is 0.995. The molecule has 0 aromatic rings. The smallest absolute Gasteiger partial charge is 0.376 e. The average molecular weight is 278 g/mol. The van der Waals surface area contributed by atoms with Crippen LogP contribution in [-0.4, -0.2) is 19.0 Å². The summed E-state index contributed by atoms with van der Waals surface area (Å²) < 4.78 is 30.3. The number of carbonyl (C=O) groups is 1. The maximum atomic E-state index is 13.1. The Bertz CT molecular complexity index is 230. The van der Waals surface area contributed by atoms with Crippen molar-refractivity contribution < 1.29 is 18.3 Å². The molecular formula is C15H28F2O2. The highest BCUT2D eigenvalue weighted by Gasteiger charge is 2.38. The number of rotatable bonds is 12. The van der Waals surface area contributed by atoms with E-state index in [-0.39, 0.29) is 0 Å². The molecule has 114 valence electrons. The molecule has 2 nitrogen and oxygen atoms in total. The Kier molecular flexibility index (Phi) is 10.8. The Morgan fingerprint density at radius 3 is 1.74 bits per heavy atom. The van der Waals surface area contributed by atoms with Crippen molar-refractivity contribution in [3.8, 4) is 0 Å². The molecule has 0 spiro atoms. The highest BCUT2D eigenvalue weighted by molar-refractivity contribution is 5.77. The Labute approximate surface area is 115 Å². The molecule has 0 heterocycles. The highest BCUT2D eigenvalue weighted by atomic mass is 19.3.